The van der Waals surface area contributed by atoms with Crippen molar-refractivity contribution in [1.29, 1.82) is 0 Å². The normalized spacial score (nSPS) is 12.6. The van der Waals surface area contributed by atoms with E-state index in [0.717, 1.165) is 11.1 Å². The third kappa shape index (κ3) is 2.06. The van der Waals surface area contributed by atoms with Crippen molar-refractivity contribution in [3.8, 4) is 40.1 Å². The molecule has 3 aromatic rings. The Labute approximate surface area is 119 Å². The van der Waals surface area contributed by atoms with E-state index in [9.17, 15) is 5.11 Å². The van der Waals surface area contributed by atoms with Crippen molar-refractivity contribution in [3.05, 3.63) is 42.5 Å². The highest BCUT2D eigenvalue weighted by Gasteiger charge is 2.17. The summed E-state index contributed by atoms with van der Waals surface area (Å²) >= 11 is 0. The molecule has 0 spiro atoms. The van der Waals surface area contributed by atoms with Crippen LogP contribution in [0.15, 0.2) is 47.0 Å². The summed E-state index contributed by atoms with van der Waals surface area (Å²) in [5.41, 5.74) is 1.53. The molecule has 6 heteroatoms. The van der Waals surface area contributed by atoms with Crippen LogP contribution in [0.5, 0.6) is 17.2 Å². The quantitative estimate of drug-likeness (QED) is 0.778. The summed E-state index contributed by atoms with van der Waals surface area (Å²) in [6.07, 6.45) is 0. The monoisotopic (exact) mass is 282 g/mol. The van der Waals surface area contributed by atoms with Gasteiger partial charge in [-0.1, -0.05) is 5.16 Å². The van der Waals surface area contributed by atoms with Gasteiger partial charge in [0.2, 0.25) is 12.6 Å². The minimum absolute atomic E-state index is 0.189. The molecule has 0 bridgehead atoms. The zero-order valence-corrected chi connectivity index (χ0v) is 10.8. The third-order valence-electron chi connectivity index (χ3n) is 3.17. The standard InChI is InChI=1S/C15H10N2O4/c18-11-4-1-9(2-5-11)15-16-14(17-21-15)10-3-6-12-13(7-10)20-8-19-12/h1-7,18H,8H2. The maximum absolute atomic E-state index is 9.28. The molecule has 0 saturated heterocycles. The summed E-state index contributed by atoms with van der Waals surface area (Å²) in [7, 11) is 0. The van der Waals surface area contributed by atoms with E-state index in [-0.39, 0.29) is 12.5 Å². The Bertz CT molecular complexity index is 796. The lowest BCUT2D eigenvalue weighted by atomic mass is 10.2. The Kier molecular flexibility index (Phi) is 2.53. The van der Waals surface area contributed by atoms with Crippen LogP contribution < -0.4 is 9.47 Å². The predicted octanol–water partition coefficient (Wildman–Crippen LogP) is 2.84. The summed E-state index contributed by atoms with van der Waals surface area (Å²) in [6, 6.07) is 12.0. The number of ether oxygens (including phenoxy) is 2. The second-order valence-corrected chi connectivity index (χ2v) is 4.54. The fourth-order valence-corrected chi connectivity index (χ4v) is 2.10. The van der Waals surface area contributed by atoms with Gasteiger partial charge in [-0.3, -0.25) is 0 Å². The van der Waals surface area contributed by atoms with E-state index in [1.165, 1.54) is 0 Å². The summed E-state index contributed by atoms with van der Waals surface area (Å²) < 4.78 is 15.8. The van der Waals surface area contributed by atoms with Crippen molar-refractivity contribution >= 4 is 0 Å². The largest absolute Gasteiger partial charge is 0.508 e. The number of nitrogens with zero attached hydrogens (tertiary/aromatic N) is 2. The van der Waals surface area contributed by atoms with Crippen molar-refractivity contribution in [1.82, 2.24) is 10.1 Å². The molecule has 0 fully saturated rings. The third-order valence-corrected chi connectivity index (χ3v) is 3.17. The zero-order valence-electron chi connectivity index (χ0n) is 10.8. The van der Waals surface area contributed by atoms with Crippen LogP contribution in [0.3, 0.4) is 0 Å². The molecule has 0 atom stereocenters. The van der Waals surface area contributed by atoms with E-state index >= 15 is 0 Å². The van der Waals surface area contributed by atoms with Gasteiger partial charge in [-0.2, -0.15) is 4.98 Å². The Hall–Kier alpha value is -3.02. The first-order valence-corrected chi connectivity index (χ1v) is 6.33. The SMILES string of the molecule is Oc1ccc(-c2nc(-c3ccc4c(c3)OCO4)no2)cc1. The molecular formula is C15H10N2O4. The molecule has 2 heterocycles. The maximum atomic E-state index is 9.28. The smallest absolute Gasteiger partial charge is 0.258 e. The molecule has 2 aromatic carbocycles. The number of benzene rings is 2. The number of aromatic nitrogens is 2. The summed E-state index contributed by atoms with van der Waals surface area (Å²) in [5, 5.41) is 13.2. The summed E-state index contributed by atoms with van der Waals surface area (Å²) in [6.45, 7) is 0.226. The number of phenols is 1. The highest BCUT2D eigenvalue weighted by molar-refractivity contribution is 5.63. The van der Waals surface area contributed by atoms with Crippen LogP contribution in [0.4, 0.5) is 0 Å². The van der Waals surface area contributed by atoms with Crippen LogP contribution in [-0.4, -0.2) is 22.0 Å². The summed E-state index contributed by atoms with van der Waals surface area (Å²) in [4.78, 5) is 4.35. The lowest BCUT2D eigenvalue weighted by Crippen LogP contribution is -1.92. The van der Waals surface area contributed by atoms with Gasteiger partial charge in [0.05, 0.1) is 0 Å². The van der Waals surface area contributed by atoms with E-state index in [4.69, 9.17) is 14.0 Å². The predicted molar refractivity (Wildman–Crippen MR) is 73.0 cm³/mol. The first-order valence-electron chi connectivity index (χ1n) is 6.33. The topological polar surface area (TPSA) is 77.6 Å². The van der Waals surface area contributed by atoms with Gasteiger partial charge < -0.3 is 19.1 Å². The van der Waals surface area contributed by atoms with Gasteiger partial charge in [-0.15, -0.1) is 0 Å². The first kappa shape index (κ1) is 11.8. The van der Waals surface area contributed by atoms with E-state index in [0.29, 0.717) is 23.2 Å². The molecular weight excluding hydrogens is 272 g/mol. The molecule has 104 valence electrons. The van der Waals surface area contributed by atoms with Crippen molar-refractivity contribution < 1.29 is 19.1 Å². The zero-order chi connectivity index (χ0) is 14.2. The van der Waals surface area contributed by atoms with Crippen molar-refractivity contribution in [2.45, 2.75) is 0 Å². The minimum Gasteiger partial charge on any atom is -0.508 e. The van der Waals surface area contributed by atoms with E-state index < -0.39 is 0 Å². The van der Waals surface area contributed by atoms with Crippen LogP contribution in [-0.2, 0) is 0 Å². The van der Waals surface area contributed by atoms with Crippen LogP contribution >= 0.6 is 0 Å². The first-order chi connectivity index (χ1) is 10.3. The average molecular weight is 282 g/mol. The van der Waals surface area contributed by atoms with Gasteiger partial charge in [-0.05, 0) is 42.5 Å². The molecule has 1 N–H and O–H groups in total. The average Bonchev–Trinajstić information content (AvgIpc) is 3.16. The number of phenolic OH excluding ortho intramolecular Hbond substituents is 1. The van der Waals surface area contributed by atoms with E-state index in [1.54, 1.807) is 24.3 Å². The van der Waals surface area contributed by atoms with Crippen LogP contribution in [0.25, 0.3) is 22.8 Å². The second kappa shape index (κ2) is 4.52. The molecule has 0 radical (unpaired) electrons. The molecule has 6 nitrogen and oxygen atoms in total. The van der Waals surface area contributed by atoms with Gasteiger partial charge in [0, 0.05) is 11.1 Å². The van der Waals surface area contributed by atoms with Crippen LogP contribution in [0, 0.1) is 0 Å². The summed E-state index contributed by atoms with van der Waals surface area (Å²) in [5.74, 6) is 2.43. The molecule has 1 aliphatic rings. The Balaban J connectivity index is 1.69. The molecule has 21 heavy (non-hydrogen) atoms. The van der Waals surface area contributed by atoms with Crippen molar-refractivity contribution in [3.63, 3.8) is 0 Å². The van der Waals surface area contributed by atoms with Crippen molar-refractivity contribution in [2.75, 3.05) is 6.79 Å². The number of rotatable bonds is 2. The molecule has 0 amide bonds. The molecule has 0 unspecified atom stereocenters. The number of aromatic hydroxyl groups is 1. The van der Waals surface area contributed by atoms with E-state index in [2.05, 4.69) is 10.1 Å². The van der Waals surface area contributed by atoms with Crippen LogP contribution in [0.2, 0.25) is 0 Å². The number of hydrogen-bond donors (Lipinski definition) is 1. The van der Waals surface area contributed by atoms with Crippen LogP contribution in [0.1, 0.15) is 0 Å². The van der Waals surface area contributed by atoms with E-state index in [1.807, 2.05) is 18.2 Å². The fraction of sp³-hybridized carbons (Fsp3) is 0.0667. The van der Waals surface area contributed by atoms with Crippen molar-refractivity contribution in [2.24, 2.45) is 0 Å². The van der Waals surface area contributed by atoms with Gasteiger partial charge in [0.15, 0.2) is 11.5 Å². The van der Waals surface area contributed by atoms with Gasteiger partial charge in [-0.25, -0.2) is 0 Å². The lowest BCUT2D eigenvalue weighted by Gasteiger charge is -1.97. The highest BCUT2D eigenvalue weighted by atomic mass is 16.7. The molecule has 0 saturated carbocycles. The van der Waals surface area contributed by atoms with Gasteiger partial charge >= 0.3 is 0 Å². The molecule has 0 aliphatic carbocycles. The Morgan fingerprint density at radius 2 is 1.67 bits per heavy atom. The Morgan fingerprint density at radius 1 is 0.905 bits per heavy atom. The number of fused-ring (bicyclic) bond motifs is 1. The molecule has 1 aliphatic heterocycles. The van der Waals surface area contributed by atoms with Gasteiger partial charge in [0.25, 0.3) is 5.89 Å². The second-order valence-electron chi connectivity index (χ2n) is 4.54. The fourth-order valence-electron chi connectivity index (χ4n) is 2.10. The maximum Gasteiger partial charge on any atom is 0.258 e. The number of hydrogen-bond acceptors (Lipinski definition) is 6. The Morgan fingerprint density at radius 3 is 2.52 bits per heavy atom. The highest BCUT2D eigenvalue weighted by Crippen LogP contribution is 2.35. The molecule has 4 rings (SSSR count). The van der Waals surface area contributed by atoms with Gasteiger partial charge in [0.1, 0.15) is 5.75 Å². The molecule has 1 aromatic heterocycles. The minimum atomic E-state index is 0.189. The lowest BCUT2D eigenvalue weighted by molar-refractivity contribution is 0.174.